The minimum Gasteiger partial charge on any atom is -0.488 e. The molecule has 0 N–H and O–H groups in total. The van der Waals surface area contributed by atoms with E-state index in [4.69, 9.17) is 9.15 Å². The van der Waals surface area contributed by atoms with E-state index in [0.717, 1.165) is 11.1 Å². The van der Waals surface area contributed by atoms with Crippen LogP contribution in [0, 0.1) is 10.1 Å². The number of pyridine rings is 1. The number of halogens is 3. The number of allylic oxidation sites excluding steroid dienone is 1. The van der Waals surface area contributed by atoms with E-state index < -0.39 is 28.0 Å². The molecule has 1 atom stereocenters. The van der Waals surface area contributed by atoms with Gasteiger partial charge in [-0.2, -0.15) is 13.2 Å². The third-order valence-corrected chi connectivity index (χ3v) is 7.24. The molecule has 9 nitrogen and oxygen atoms in total. The first kappa shape index (κ1) is 26.5. The van der Waals surface area contributed by atoms with Gasteiger partial charge in [-0.1, -0.05) is 54.6 Å². The summed E-state index contributed by atoms with van der Waals surface area (Å²) in [6.07, 6.45) is 1.33. The third kappa shape index (κ3) is 5.24. The summed E-state index contributed by atoms with van der Waals surface area (Å²) < 4.78 is 54.5. The van der Waals surface area contributed by atoms with Crippen LogP contribution in [0.5, 0.6) is 5.75 Å². The molecule has 0 unspecified atom stereocenters. The van der Waals surface area contributed by atoms with Gasteiger partial charge in [0.15, 0.2) is 0 Å². The van der Waals surface area contributed by atoms with Crippen LogP contribution in [-0.4, -0.2) is 32.7 Å². The number of benzene rings is 2. The number of ether oxygens (including phenoxy) is 1. The maximum atomic E-state index is 14.2. The lowest BCUT2D eigenvalue weighted by Crippen LogP contribution is -2.32. The Bertz CT molecular complexity index is 1620. The van der Waals surface area contributed by atoms with Gasteiger partial charge in [-0.3, -0.25) is 10.1 Å². The largest absolute Gasteiger partial charge is 0.488 e. The summed E-state index contributed by atoms with van der Waals surface area (Å²) >= 11 is 0. The zero-order valence-electron chi connectivity index (χ0n) is 21.7. The first-order chi connectivity index (χ1) is 19.8. The molecule has 4 heterocycles. The van der Waals surface area contributed by atoms with Crippen molar-refractivity contribution >= 4 is 11.5 Å². The van der Waals surface area contributed by atoms with Crippen LogP contribution in [0.25, 0.3) is 23.0 Å². The highest BCUT2D eigenvalue weighted by atomic mass is 19.4. The van der Waals surface area contributed by atoms with Gasteiger partial charge in [0.2, 0.25) is 5.69 Å². The Morgan fingerprint density at radius 3 is 2.66 bits per heavy atom. The van der Waals surface area contributed by atoms with Crippen LogP contribution >= 0.6 is 0 Å². The van der Waals surface area contributed by atoms with Crippen molar-refractivity contribution in [2.24, 2.45) is 0 Å². The monoisotopic (exact) mass is 563 g/mol. The lowest BCUT2D eigenvalue weighted by atomic mass is 10.0. The molecule has 4 aromatic rings. The fourth-order valence-corrected chi connectivity index (χ4v) is 5.31. The normalized spacial score (nSPS) is 17.3. The van der Waals surface area contributed by atoms with Crippen LogP contribution in [-0.2, 0) is 19.2 Å². The average Bonchev–Trinajstić information content (AvgIpc) is 3.63. The Labute approximate surface area is 232 Å². The van der Waals surface area contributed by atoms with E-state index in [1.807, 2.05) is 54.6 Å². The second-order valence-electron chi connectivity index (χ2n) is 9.86. The molecular weight excluding hydrogens is 539 g/mol. The van der Waals surface area contributed by atoms with Crippen molar-refractivity contribution in [3.63, 3.8) is 0 Å². The van der Waals surface area contributed by atoms with Crippen LogP contribution in [0.2, 0.25) is 0 Å². The van der Waals surface area contributed by atoms with Crippen molar-refractivity contribution in [3.8, 4) is 28.8 Å². The highest BCUT2D eigenvalue weighted by Crippen LogP contribution is 2.44. The number of hydrogen-bond donors (Lipinski definition) is 0. The molecule has 0 saturated carbocycles. The summed E-state index contributed by atoms with van der Waals surface area (Å²) in [5.74, 6) is -0.257. The van der Waals surface area contributed by atoms with E-state index in [0.29, 0.717) is 49.6 Å². The van der Waals surface area contributed by atoms with Crippen LogP contribution in [0.4, 0.5) is 24.7 Å². The standard InChI is InChI=1S/C29H24F3N5O4/c30-29(31,32)21-16-22(37(38)39)25-28-35-34-27(41-28)24-19(10-4-5-12-20-13-7-15-36(20)26(21)33-25)11-6-14-23(24)40-17-18-8-2-1-3-9-18/h1-6,8-9,11,14,16,20H,7,10,12-13,15,17H2/b5-4-/t20-/m1/s1. The predicted molar refractivity (Wildman–Crippen MR) is 143 cm³/mol. The number of hydrogen-bond acceptors (Lipinski definition) is 8. The predicted octanol–water partition coefficient (Wildman–Crippen LogP) is 6.78. The van der Waals surface area contributed by atoms with E-state index in [9.17, 15) is 23.3 Å². The maximum absolute atomic E-state index is 14.2. The Hall–Kier alpha value is -4.74. The second-order valence-corrected chi connectivity index (χ2v) is 9.86. The summed E-state index contributed by atoms with van der Waals surface area (Å²) in [6, 6.07) is 15.3. The second kappa shape index (κ2) is 10.7. The van der Waals surface area contributed by atoms with Crippen molar-refractivity contribution in [2.45, 2.75) is 44.5 Å². The zero-order chi connectivity index (χ0) is 28.6. The Morgan fingerprint density at radius 2 is 1.88 bits per heavy atom. The number of fused-ring (bicyclic) bond motifs is 9. The van der Waals surface area contributed by atoms with Crippen molar-refractivity contribution in [3.05, 3.63) is 93.6 Å². The van der Waals surface area contributed by atoms with Crippen LogP contribution < -0.4 is 9.64 Å². The number of rotatable bonds is 4. The molecule has 0 amide bonds. The molecule has 2 aromatic carbocycles. The molecule has 2 aliphatic rings. The van der Waals surface area contributed by atoms with Gasteiger partial charge in [-0.05, 0) is 42.9 Å². The molecule has 0 spiro atoms. The fraction of sp³-hybridized carbons (Fsp3) is 0.276. The number of nitro groups is 1. The Balaban J connectivity index is 1.52. The molecule has 6 rings (SSSR count). The van der Waals surface area contributed by atoms with E-state index >= 15 is 0 Å². The van der Waals surface area contributed by atoms with Gasteiger partial charge in [-0.25, -0.2) is 4.98 Å². The molecule has 2 aromatic heterocycles. The SMILES string of the molecule is O=[N+]([O-])c1cc(C(F)(F)F)c2nc1-c1nnc(o1)-c1c(cccc1OCc1ccccc1)C/C=C\C[C@@H]1CCCN21. The number of alkyl halides is 3. The first-order valence-electron chi connectivity index (χ1n) is 13.1. The highest BCUT2D eigenvalue weighted by molar-refractivity contribution is 5.72. The van der Waals surface area contributed by atoms with Crippen LogP contribution in [0.15, 0.2) is 71.2 Å². The van der Waals surface area contributed by atoms with Gasteiger partial charge in [0.05, 0.1) is 10.5 Å². The first-order valence-corrected chi connectivity index (χ1v) is 13.1. The fourth-order valence-electron chi connectivity index (χ4n) is 5.31. The molecule has 0 radical (unpaired) electrons. The summed E-state index contributed by atoms with van der Waals surface area (Å²) in [7, 11) is 0. The van der Waals surface area contributed by atoms with E-state index in [1.165, 1.54) is 0 Å². The lowest BCUT2D eigenvalue weighted by molar-refractivity contribution is -0.384. The van der Waals surface area contributed by atoms with Crippen molar-refractivity contribution in [1.29, 1.82) is 0 Å². The molecule has 1 fully saturated rings. The molecule has 2 aliphatic heterocycles. The van der Waals surface area contributed by atoms with E-state index in [-0.39, 0.29) is 30.2 Å². The topological polar surface area (TPSA) is 107 Å². The highest BCUT2D eigenvalue weighted by Gasteiger charge is 2.42. The molecule has 210 valence electrons. The minimum atomic E-state index is -4.86. The number of aromatic nitrogens is 3. The van der Waals surface area contributed by atoms with Gasteiger partial charge in [0.1, 0.15) is 23.7 Å². The van der Waals surface area contributed by atoms with Crippen LogP contribution in [0.3, 0.4) is 0 Å². The summed E-state index contributed by atoms with van der Waals surface area (Å²) in [5.41, 5.74) is -0.195. The zero-order valence-corrected chi connectivity index (χ0v) is 21.7. The van der Waals surface area contributed by atoms with Crippen molar-refractivity contribution in [2.75, 3.05) is 11.4 Å². The van der Waals surface area contributed by atoms with E-state index in [1.54, 1.807) is 11.0 Å². The molecule has 1 saturated heterocycles. The third-order valence-electron chi connectivity index (χ3n) is 7.24. The summed E-state index contributed by atoms with van der Waals surface area (Å²) in [5, 5.41) is 20.1. The summed E-state index contributed by atoms with van der Waals surface area (Å²) in [4.78, 5) is 16.8. The maximum Gasteiger partial charge on any atom is 0.420 e. The average molecular weight is 564 g/mol. The van der Waals surface area contributed by atoms with Crippen molar-refractivity contribution < 1.29 is 27.2 Å². The Kier molecular flexibility index (Phi) is 6.90. The quantitative estimate of drug-likeness (QED) is 0.152. The molecular formula is C29H24F3N5O4. The number of nitrogens with zero attached hydrogens (tertiary/aromatic N) is 5. The van der Waals surface area contributed by atoms with Gasteiger partial charge < -0.3 is 14.1 Å². The molecule has 4 bridgehead atoms. The van der Waals surface area contributed by atoms with Gasteiger partial charge >= 0.3 is 11.9 Å². The van der Waals surface area contributed by atoms with Gasteiger partial charge in [-0.15, -0.1) is 10.2 Å². The van der Waals surface area contributed by atoms with Crippen molar-refractivity contribution in [1.82, 2.24) is 15.2 Å². The summed E-state index contributed by atoms with van der Waals surface area (Å²) in [6.45, 7) is 0.604. The molecule has 12 heteroatoms. The van der Waals surface area contributed by atoms with Crippen LogP contribution in [0.1, 0.15) is 36.0 Å². The number of anilines is 1. The van der Waals surface area contributed by atoms with Gasteiger partial charge in [0, 0.05) is 18.7 Å². The minimum absolute atomic E-state index is 0.0146. The van der Waals surface area contributed by atoms with E-state index in [2.05, 4.69) is 15.2 Å². The Morgan fingerprint density at radius 1 is 1.07 bits per heavy atom. The molecule has 41 heavy (non-hydrogen) atoms. The van der Waals surface area contributed by atoms with Gasteiger partial charge in [0.25, 0.3) is 11.8 Å². The smallest absolute Gasteiger partial charge is 0.420 e. The molecule has 0 aliphatic carbocycles. The lowest BCUT2D eigenvalue weighted by Gasteiger charge is -2.28.